The highest BCUT2D eigenvalue weighted by Gasteiger charge is 2.20. The van der Waals surface area contributed by atoms with E-state index in [0.717, 1.165) is 71.2 Å². The van der Waals surface area contributed by atoms with Crippen LogP contribution in [0.2, 0.25) is 25.7 Å². The molecular weight excluding hydrogens is 476 g/mol. The Morgan fingerprint density at radius 3 is 2.62 bits per heavy atom. The van der Waals surface area contributed by atoms with E-state index in [1.54, 1.807) is 6.33 Å². The third-order valence-corrected chi connectivity index (χ3v) is 8.76. The number of imidazole rings is 1. The molecule has 6 rings (SSSR count). The first-order valence-electron chi connectivity index (χ1n) is 12.9. The zero-order valence-corrected chi connectivity index (χ0v) is 22.7. The summed E-state index contributed by atoms with van der Waals surface area (Å²) < 4.78 is 7.89. The lowest BCUT2D eigenvalue weighted by Crippen LogP contribution is -2.31. The maximum absolute atomic E-state index is 5.92. The lowest BCUT2D eigenvalue weighted by molar-refractivity contribution is 0.0895. The van der Waals surface area contributed by atoms with E-state index in [1.165, 1.54) is 11.1 Å². The van der Waals surface area contributed by atoms with E-state index in [2.05, 4.69) is 83.0 Å². The Morgan fingerprint density at radius 1 is 0.892 bits per heavy atom. The Kier molecular flexibility index (Phi) is 6.22. The Labute approximate surface area is 218 Å². The van der Waals surface area contributed by atoms with Gasteiger partial charge in [-0.3, -0.25) is 4.57 Å². The van der Waals surface area contributed by atoms with Crippen LogP contribution in [0.15, 0.2) is 67.4 Å². The fourth-order valence-corrected chi connectivity index (χ4v) is 5.65. The number of benzene rings is 2. The van der Waals surface area contributed by atoms with Crippen molar-refractivity contribution in [3.05, 3.63) is 78.5 Å². The van der Waals surface area contributed by atoms with E-state index >= 15 is 0 Å². The predicted octanol–water partition coefficient (Wildman–Crippen LogP) is 5.92. The summed E-state index contributed by atoms with van der Waals surface area (Å²) >= 11 is 0. The van der Waals surface area contributed by atoms with E-state index in [9.17, 15) is 0 Å². The predicted molar refractivity (Wildman–Crippen MR) is 151 cm³/mol. The van der Waals surface area contributed by atoms with Gasteiger partial charge in [0.2, 0.25) is 0 Å². The Hall–Kier alpha value is -3.62. The number of fused-ring (bicyclic) bond motifs is 3. The van der Waals surface area contributed by atoms with Gasteiger partial charge in [0.1, 0.15) is 24.4 Å². The van der Waals surface area contributed by atoms with Crippen LogP contribution in [0.4, 0.5) is 5.82 Å². The van der Waals surface area contributed by atoms with Gasteiger partial charge in [-0.2, -0.15) is 0 Å². The summed E-state index contributed by atoms with van der Waals surface area (Å²) in [6.45, 7) is 10.1. The SMILES string of the molecule is C[Si](C)(C)CCOCn1cnc2cc(-c3ccc4ncnc(N5CCc6ccccc6C5)c4c3)cnc21. The monoisotopic (exact) mass is 508 g/mol. The summed E-state index contributed by atoms with van der Waals surface area (Å²) in [4.78, 5) is 21.0. The minimum absolute atomic E-state index is 0.475. The van der Waals surface area contributed by atoms with Gasteiger partial charge in [-0.15, -0.1) is 0 Å². The van der Waals surface area contributed by atoms with Crippen molar-refractivity contribution >= 4 is 36.0 Å². The fourth-order valence-electron chi connectivity index (χ4n) is 4.89. The first-order valence-corrected chi connectivity index (χ1v) is 16.6. The zero-order valence-electron chi connectivity index (χ0n) is 21.7. The molecule has 0 amide bonds. The van der Waals surface area contributed by atoms with Crippen LogP contribution in [0.25, 0.3) is 33.2 Å². The Morgan fingerprint density at radius 2 is 1.76 bits per heavy atom. The zero-order chi connectivity index (χ0) is 25.4. The van der Waals surface area contributed by atoms with Crippen LogP contribution in [0.1, 0.15) is 11.1 Å². The van der Waals surface area contributed by atoms with Gasteiger partial charge in [0, 0.05) is 44.9 Å². The first-order chi connectivity index (χ1) is 17.9. The second-order valence-corrected chi connectivity index (χ2v) is 16.6. The Balaban J connectivity index is 1.27. The van der Waals surface area contributed by atoms with E-state index in [-0.39, 0.29) is 0 Å². The van der Waals surface area contributed by atoms with Gasteiger partial charge in [0.25, 0.3) is 0 Å². The molecule has 0 N–H and O–H groups in total. The average Bonchev–Trinajstić information content (AvgIpc) is 3.32. The molecule has 8 heteroatoms. The molecule has 1 aliphatic heterocycles. The number of aromatic nitrogens is 5. The molecule has 0 fully saturated rings. The highest BCUT2D eigenvalue weighted by molar-refractivity contribution is 6.76. The molecule has 7 nitrogen and oxygen atoms in total. The fraction of sp³-hybridized carbons (Fsp3) is 0.310. The van der Waals surface area contributed by atoms with Gasteiger partial charge in [0.05, 0.1) is 11.8 Å². The molecule has 37 heavy (non-hydrogen) atoms. The summed E-state index contributed by atoms with van der Waals surface area (Å²) in [5.41, 5.74) is 7.55. The molecule has 3 aromatic heterocycles. The second kappa shape index (κ2) is 9.68. The van der Waals surface area contributed by atoms with Crippen molar-refractivity contribution in [2.45, 2.75) is 45.4 Å². The molecule has 0 radical (unpaired) electrons. The highest BCUT2D eigenvalue weighted by atomic mass is 28.3. The molecule has 0 atom stereocenters. The van der Waals surface area contributed by atoms with Gasteiger partial charge >= 0.3 is 0 Å². The van der Waals surface area contributed by atoms with Crippen molar-refractivity contribution in [2.24, 2.45) is 0 Å². The van der Waals surface area contributed by atoms with Gasteiger partial charge < -0.3 is 9.64 Å². The van der Waals surface area contributed by atoms with Crippen molar-refractivity contribution in [2.75, 3.05) is 18.1 Å². The number of anilines is 1. The molecule has 0 spiro atoms. The molecule has 0 saturated heterocycles. The van der Waals surface area contributed by atoms with Crippen LogP contribution in [-0.2, 0) is 24.4 Å². The summed E-state index contributed by atoms with van der Waals surface area (Å²) in [5, 5.41) is 1.06. The number of ether oxygens (including phenoxy) is 1. The molecule has 0 bridgehead atoms. The number of nitrogens with zero attached hydrogens (tertiary/aromatic N) is 6. The van der Waals surface area contributed by atoms with Crippen LogP contribution in [0.3, 0.4) is 0 Å². The standard InChI is InChI=1S/C29H32N6OSi/c1-37(2,3)13-12-36-20-35-19-33-27-15-24(16-30-29(27)35)22-8-9-26-25(14-22)28(32-18-31-26)34-11-10-21-6-4-5-7-23(21)17-34/h4-9,14-16,18-19H,10-13,17,20H2,1-3H3. The minimum Gasteiger partial charge on any atom is -0.361 e. The van der Waals surface area contributed by atoms with Crippen LogP contribution in [0, 0.1) is 0 Å². The van der Waals surface area contributed by atoms with Crippen molar-refractivity contribution in [3.63, 3.8) is 0 Å². The van der Waals surface area contributed by atoms with Gasteiger partial charge in [-0.05, 0) is 47.4 Å². The molecule has 1 aliphatic rings. The maximum atomic E-state index is 5.92. The van der Waals surface area contributed by atoms with Crippen LogP contribution in [-0.4, -0.2) is 45.7 Å². The summed E-state index contributed by atoms with van der Waals surface area (Å²) in [6, 6.07) is 18.3. The summed E-state index contributed by atoms with van der Waals surface area (Å²) in [6.07, 6.45) is 6.43. The number of rotatable bonds is 7. The Bertz CT molecular complexity index is 1570. The average molecular weight is 509 g/mol. The third kappa shape index (κ3) is 4.99. The molecule has 5 aromatic rings. The van der Waals surface area contributed by atoms with E-state index in [1.807, 2.05) is 17.1 Å². The smallest absolute Gasteiger partial charge is 0.161 e. The molecule has 2 aromatic carbocycles. The van der Waals surface area contributed by atoms with Crippen molar-refractivity contribution in [1.82, 2.24) is 24.5 Å². The van der Waals surface area contributed by atoms with Crippen molar-refractivity contribution in [1.29, 1.82) is 0 Å². The van der Waals surface area contributed by atoms with Crippen molar-refractivity contribution < 1.29 is 4.74 Å². The van der Waals surface area contributed by atoms with Gasteiger partial charge in [0.15, 0.2) is 5.65 Å². The van der Waals surface area contributed by atoms with E-state index < -0.39 is 8.07 Å². The normalized spacial score (nSPS) is 13.9. The van der Waals surface area contributed by atoms with Crippen LogP contribution in [0.5, 0.6) is 0 Å². The molecule has 0 aliphatic carbocycles. The molecule has 4 heterocycles. The molecule has 188 valence electrons. The van der Waals surface area contributed by atoms with Crippen molar-refractivity contribution in [3.8, 4) is 11.1 Å². The van der Waals surface area contributed by atoms with Gasteiger partial charge in [-0.25, -0.2) is 19.9 Å². The summed E-state index contributed by atoms with van der Waals surface area (Å²) in [7, 11) is -1.11. The molecular formula is C29H32N6OSi. The first kappa shape index (κ1) is 23.8. The third-order valence-electron chi connectivity index (χ3n) is 7.06. The van der Waals surface area contributed by atoms with E-state index in [4.69, 9.17) is 14.7 Å². The topological polar surface area (TPSA) is 69.0 Å². The lowest BCUT2D eigenvalue weighted by atomic mass is 9.99. The minimum atomic E-state index is -1.11. The highest BCUT2D eigenvalue weighted by Crippen LogP contribution is 2.32. The van der Waals surface area contributed by atoms with Crippen LogP contribution >= 0.6 is 0 Å². The largest absolute Gasteiger partial charge is 0.361 e. The maximum Gasteiger partial charge on any atom is 0.161 e. The van der Waals surface area contributed by atoms with Gasteiger partial charge in [-0.1, -0.05) is 50.0 Å². The van der Waals surface area contributed by atoms with E-state index in [0.29, 0.717) is 6.73 Å². The number of pyridine rings is 1. The van der Waals surface area contributed by atoms with Crippen LogP contribution < -0.4 is 4.90 Å². The molecule has 0 unspecified atom stereocenters. The summed E-state index contributed by atoms with van der Waals surface area (Å²) in [5.74, 6) is 0.982. The number of hydrogen-bond donors (Lipinski definition) is 0. The second-order valence-electron chi connectivity index (χ2n) is 11.0. The lowest BCUT2D eigenvalue weighted by Gasteiger charge is -2.30. The number of hydrogen-bond acceptors (Lipinski definition) is 6. The molecule has 0 saturated carbocycles. The quantitative estimate of drug-likeness (QED) is 0.201.